The van der Waals surface area contributed by atoms with Gasteiger partial charge in [0.05, 0.1) is 0 Å². The van der Waals surface area contributed by atoms with Crippen LogP contribution in [0.15, 0.2) is 54.6 Å². The average Bonchev–Trinajstić information content (AvgIpc) is 2.67. The van der Waals surface area contributed by atoms with E-state index >= 15 is 0 Å². The van der Waals surface area contributed by atoms with E-state index in [1.807, 2.05) is 30.3 Å². The van der Waals surface area contributed by atoms with Crippen molar-refractivity contribution in [1.29, 1.82) is 0 Å². The summed E-state index contributed by atoms with van der Waals surface area (Å²) in [6.45, 7) is 1.73. The van der Waals surface area contributed by atoms with Gasteiger partial charge in [-0.05, 0) is 36.1 Å². The Morgan fingerprint density at radius 1 is 1.16 bits per heavy atom. The van der Waals surface area contributed by atoms with Crippen LogP contribution in [0.3, 0.4) is 0 Å². The van der Waals surface area contributed by atoms with E-state index < -0.39 is 6.10 Å². The molecule has 1 fully saturated rings. The molecule has 0 aliphatic carbocycles. The van der Waals surface area contributed by atoms with Gasteiger partial charge < -0.3 is 15.2 Å². The Hall–Kier alpha value is -1.88. The van der Waals surface area contributed by atoms with Gasteiger partial charge in [-0.25, -0.2) is 0 Å². The first-order valence-electron chi connectivity index (χ1n) is 8.45. The van der Waals surface area contributed by atoms with Crippen molar-refractivity contribution >= 4 is 17.5 Å². The zero-order valence-electron chi connectivity index (χ0n) is 14.0. The van der Waals surface area contributed by atoms with Crippen molar-refractivity contribution in [1.82, 2.24) is 5.32 Å². The van der Waals surface area contributed by atoms with Crippen LogP contribution in [-0.4, -0.2) is 30.8 Å². The van der Waals surface area contributed by atoms with Crippen LogP contribution in [0.5, 0.6) is 0 Å². The van der Waals surface area contributed by atoms with Gasteiger partial charge in [-0.1, -0.05) is 54.1 Å². The first-order valence-corrected chi connectivity index (χ1v) is 8.83. The summed E-state index contributed by atoms with van der Waals surface area (Å²) >= 11 is 6.16. The van der Waals surface area contributed by atoms with Crippen LogP contribution in [0.25, 0.3) is 0 Å². The molecule has 2 N–H and O–H groups in total. The molecule has 5 heteroatoms. The van der Waals surface area contributed by atoms with E-state index in [0.29, 0.717) is 30.3 Å². The van der Waals surface area contributed by atoms with Gasteiger partial charge >= 0.3 is 0 Å². The molecule has 0 saturated carbocycles. The van der Waals surface area contributed by atoms with E-state index in [0.717, 1.165) is 18.4 Å². The van der Waals surface area contributed by atoms with Crippen LogP contribution in [0.4, 0.5) is 0 Å². The molecule has 0 bridgehead atoms. The fourth-order valence-electron chi connectivity index (χ4n) is 3.29. The number of halogens is 1. The Bertz CT molecular complexity index is 714. The van der Waals surface area contributed by atoms with Gasteiger partial charge in [0.1, 0.15) is 0 Å². The molecule has 3 rings (SSSR count). The van der Waals surface area contributed by atoms with Crippen LogP contribution in [0, 0.1) is 0 Å². The van der Waals surface area contributed by atoms with Gasteiger partial charge in [0.15, 0.2) is 6.10 Å². The molecule has 132 valence electrons. The van der Waals surface area contributed by atoms with Crippen molar-refractivity contribution in [3.63, 3.8) is 0 Å². The van der Waals surface area contributed by atoms with E-state index in [4.69, 9.17) is 16.3 Å². The van der Waals surface area contributed by atoms with Crippen molar-refractivity contribution in [2.24, 2.45) is 0 Å². The van der Waals surface area contributed by atoms with E-state index in [2.05, 4.69) is 5.32 Å². The predicted octanol–water partition coefficient (Wildman–Crippen LogP) is 3.24. The molecule has 2 aromatic carbocycles. The number of nitrogens with one attached hydrogen (secondary N) is 1. The summed E-state index contributed by atoms with van der Waals surface area (Å²) in [7, 11) is 0. The second kappa shape index (κ2) is 8.00. The van der Waals surface area contributed by atoms with Gasteiger partial charge in [-0.15, -0.1) is 0 Å². The number of ether oxygens (including phenoxy) is 1. The minimum atomic E-state index is -1.17. The van der Waals surface area contributed by atoms with Gasteiger partial charge in [-0.2, -0.15) is 0 Å². The summed E-state index contributed by atoms with van der Waals surface area (Å²) in [4.78, 5) is 12.4. The number of hydrogen-bond acceptors (Lipinski definition) is 3. The van der Waals surface area contributed by atoms with Crippen molar-refractivity contribution in [3.05, 3.63) is 70.7 Å². The lowest BCUT2D eigenvalue weighted by Crippen LogP contribution is -2.45. The molecule has 1 heterocycles. The Labute approximate surface area is 152 Å². The number of aliphatic hydroxyl groups excluding tert-OH is 1. The van der Waals surface area contributed by atoms with Crippen molar-refractivity contribution in [2.45, 2.75) is 24.4 Å². The number of hydrogen-bond donors (Lipinski definition) is 2. The molecule has 1 atom stereocenters. The Kier molecular flexibility index (Phi) is 5.74. The molecule has 0 aromatic heterocycles. The van der Waals surface area contributed by atoms with Crippen LogP contribution >= 0.6 is 11.6 Å². The maximum Gasteiger partial charge on any atom is 0.253 e. The monoisotopic (exact) mass is 359 g/mol. The number of rotatable bonds is 5. The highest BCUT2D eigenvalue weighted by molar-refractivity contribution is 6.30. The average molecular weight is 360 g/mol. The quantitative estimate of drug-likeness (QED) is 0.861. The fraction of sp³-hybridized carbons (Fsp3) is 0.350. The lowest BCUT2D eigenvalue weighted by Gasteiger charge is -2.38. The normalized spacial score (nSPS) is 17.7. The Morgan fingerprint density at radius 2 is 1.88 bits per heavy atom. The summed E-state index contributed by atoms with van der Waals surface area (Å²) in [5.41, 5.74) is 1.46. The van der Waals surface area contributed by atoms with Gasteiger partial charge in [-0.3, -0.25) is 4.79 Å². The van der Waals surface area contributed by atoms with E-state index in [-0.39, 0.29) is 11.3 Å². The third kappa shape index (κ3) is 4.21. The summed E-state index contributed by atoms with van der Waals surface area (Å²) in [6, 6.07) is 16.7. The molecule has 1 aliphatic heterocycles. The van der Waals surface area contributed by atoms with Crippen LogP contribution in [-0.2, 0) is 14.9 Å². The third-order valence-corrected chi connectivity index (χ3v) is 5.09. The zero-order valence-corrected chi connectivity index (χ0v) is 14.7. The van der Waals surface area contributed by atoms with Crippen LogP contribution in [0.1, 0.15) is 30.1 Å². The number of aliphatic hydroxyl groups is 1. The first-order chi connectivity index (χ1) is 12.1. The molecular weight excluding hydrogens is 338 g/mol. The molecular formula is C20H22ClNO3. The smallest absolute Gasteiger partial charge is 0.253 e. The summed E-state index contributed by atoms with van der Waals surface area (Å²) in [5.74, 6) is -0.390. The van der Waals surface area contributed by atoms with Gasteiger partial charge in [0.25, 0.3) is 5.91 Å². The Balaban J connectivity index is 1.74. The summed E-state index contributed by atoms with van der Waals surface area (Å²) < 4.78 is 5.50. The van der Waals surface area contributed by atoms with Crippen LogP contribution in [0.2, 0.25) is 5.02 Å². The van der Waals surface area contributed by atoms with E-state index in [1.54, 1.807) is 24.3 Å². The lowest BCUT2D eigenvalue weighted by atomic mass is 9.74. The highest BCUT2D eigenvalue weighted by Gasteiger charge is 2.35. The predicted molar refractivity (Wildman–Crippen MR) is 97.6 cm³/mol. The second-order valence-electron chi connectivity index (χ2n) is 6.43. The molecule has 1 amide bonds. The summed E-state index contributed by atoms with van der Waals surface area (Å²) in [6.07, 6.45) is 0.432. The second-order valence-corrected chi connectivity index (χ2v) is 6.87. The lowest BCUT2D eigenvalue weighted by molar-refractivity contribution is -0.130. The molecule has 0 unspecified atom stereocenters. The maximum absolute atomic E-state index is 12.4. The highest BCUT2D eigenvalue weighted by Crippen LogP contribution is 2.35. The van der Waals surface area contributed by atoms with Crippen molar-refractivity contribution < 1.29 is 14.6 Å². The molecule has 4 nitrogen and oxygen atoms in total. The first kappa shape index (κ1) is 17.9. The number of benzene rings is 2. The van der Waals surface area contributed by atoms with Crippen molar-refractivity contribution in [3.8, 4) is 0 Å². The Morgan fingerprint density at radius 3 is 2.56 bits per heavy atom. The summed E-state index contributed by atoms with van der Waals surface area (Å²) in [5, 5.41) is 13.9. The standard InChI is InChI=1S/C20H22ClNO3/c21-17-8-4-7-16(13-17)20(9-11-25-12-10-20)14-22-19(24)18(23)15-5-2-1-3-6-15/h1-8,13,18,23H,9-12,14H2,(H,22,24)/t18-/m0/s1. The van der Waals surface area contributed by atoms with Crippen molar-refractivity contribution in [2.75, 3.05) is 19.8 Å². The molecule has 1 aliphatic rings. The number of carbonyl (C=O) groups excluding carboxylic acids is 1. The van der Waals surface area contributed by atoms with Gasteiger partial charge in [0, 0.05) is 30.2 Å². The minimum absolute atomic E-state index is 0.227. The zero-order chi connectivity index (χ0) is 17.7. The van der Waals surface area contributed by atoms with Crippen LogP contribution < -0.4 is 5.32 Å². The molecule has 2 aromatic rings. The minimum Gasteiger partial charge on any atom is -0.381 e. The molecule has 1 saturated heterocycles. The highest BCUT2D eigenvalue weighted by atomic mass is 35.5. The van der Waals surface area contributed by atoms with E-state index in [1.165, 1.54) is 0 Å². The number of carbonyl (C=O) groups is 1. The number of amides is 1. The topological polar surface area (TPSA) is 58.6 Å². The SMILES string of the molecule is O=C(NCC1(c2cccc(Cl)c2)CCOCC1)[C@@H](O)c1ccccc1. The largest absolute Gasteiger partial charge is 0.381 e. The molecule has 25 heavy (non-hydrogen) atoms. The molecule has 0 radical (unpaired) electrons. The maximum atomic E-state index is 12.4. The third-order valence-electron chi connectivity index (χ3n) is 4.85. The van der Waals surface area contributed by atoms with E-state index in [9.17, 15) is 9.90 Å². The fourth-order valence-corrected chi connectivity index (χ4v) is 3.48. The van der Waals surface area contributed by atoms with Gasteiger partial charge in [0.2, 0.25) is 0 Å². The molecule has 0 spiro atoms.